The third-order valence-corrected chi connectivity index (χ3v) is 3.47. The fourth-order valence-electron chi connectivity index (χ4n) is 2.18. The van der Waals surface area contributed by atoms with E-state index in [2.05, 4.69) is 16.6 Å². The first kappa shape index (κ1) is 18.4. The summed E-state index contributed by atoms with van der Waals surface area (Å²) >= 11 is 0. The van der Waals surface area contributed by atoms with Gasteiger partial charge in [-0.1, -0.05) is 17.9 Å². The van der Waals surface area contributed by atoms with Gasteiger partial charge in [-0.05, 0) is 48.4 Å². The summed E-state index contributed by atoms with van der Waals surface area (Å²) in [6.07, 6.45) is 0.864. The van der Waals surface area contributed by atoms with Crippen LogP contribution in [0.15, 0.2) is 42.5 Å². The summed E-state index contributed by atoms with van der Waals surface area (Å²) in [6, 6.07) is 12.8. The molecule has 5 nitrogen and oxygen atoms in total. The maximum atomic E-state index is 11.3. The Bertz CT molecular complexity index is 769. The van der Waals surface area contributed by atoms with Gasteiger partial charge in [0.15, 0.2) is 11.5 Å². The molecule has 0 saturated heterocycles. The van der Waals surface area contributed by atoms with Crippen LogP contribution in [0.4, 0.5) is 0 Å². The van der Waals surface area contributed by atoms with Crippen molar-refractivity contribution in [2.75, 3.05) is 20.8 Å². The van der Waals surface area contributed by atoms with E-state index in [1.54, 1.807) is 19.2 Å². The van der Waals surface area contributed by atoms with E-state index in [1.165, 1.54) is 7.11 Å². The van der Waals surface area contributed by atoms with E-state index in [4.69, 9.17) is 14.6 Å². The van der Waals surface area contributed by atoms with Gasteiger partial charge < -0.3 is 19.3 Å². The molecule has 5 heteroatoms. The van der Waals surface area contributed by atoms with Crippen molar-refractivity contribution in [1.82, 2.24) is 0 Å². The SMILES string of the molecule is COC(=O)CCc1ccc(OC)c(Oc2ccc(C#CCO)cc2)c1. The Labute approximate surface area is 147 Å². The maximum Gasteiger partial charge on any atom is 0.305 e. The van der Waals surface area contributed by atoms with E-state index in [-0.39, 0.29) is 12.6 Å². The molecule has 2 aromatic rings. The number of aryl methyl sites for hydroxylation is 1. The second kappa shape index (κ2) is 9.36. The fourth-order valence-corrected chi connectivity index (χ4v) is 2.18. The summed E-state index contributed by atoms with van der Waals surface area (Å²) in [7, 11) is 2.95. The van der Waals surface area contributed by atoms with Crippen molar-refractivity contribution in [3.05, 3.63) is 53.6 Å². The zero-order valence-electron chi connectivity index (χ0n) is 14.2. The molecule has 0 spiro atoms. The average molecular weight is 340 g/mol. The number of aliphatic hydroxyl groups is 1. The predicted octanol–water partition coefficient (Wildman–Crippen LogP) is 2.94. The molecule has 2 aromatic carbocycles. The molecule has 0 fully saturated rings. The van der Waals surface area contributed by atoms with Crippen LogP contribution in [0.1, 0.15) is 17.5 Å². The van der Waals surface area contributed by atoms with E-state index in [9.17, 15) is 4.79 Å². The first-order valence-corrected chi connectivity index (χ1v) is 7.77. The molecule has 0 atom stereocenters. The lowest BCUT2D eigenvalue weighted by atomic mass is 10.1. The van der Waals surface area contributed by atoms with Crippen molar-refractivity contribution in [2.45, 2.75) is 12.8 Å². The Morgan fingerprint density at radius 1 is 1.08 bits per heavy atom. The Balaban J connectivity index is 2.14. The molecule has 0 saturated carbocycles. The Morgan fingerprint density at radius 2 is 1.84 bits per heavy atom. The van der Waals surface area contributed by atoms with Gasteiger partial charge in [-0.15, -0.1) is 0 Å². The van der Waals surface area contributed by atoms with Crippen LogP contribution in [-0.4, -0.2) is 31.9 Å². The highest BCUT2D eigenvalue weighted by Crippen LogP contribution is 2.32. The van der Waals surface area contributed by atoms with E-state index < -0.39 is 0 Å². The molecule has 1 N–H and O–H groups in total. The van der Waals surface area contributed by atoms with Crippen molar-refractivity contribution in [3.8, 4) is 29.1 Å². The maximum absolute atomic E-state index is 11.3. The van der Waals surface area contributed by atoms with E-state index in [0.717, 1.165) is 11.1 Å². The molecule has 2 rings (SSSR count). The average Bonchev–Trinajstić information content (AvgIpc) is 2.65. The van der Waals surface area contributed by atoms with Crippen LogP contribution in [-0.2, 0) is 16.0 Å². The smallest absolute Gasteiger partial charge is 0.305 e. The molecule has 0 unspecified atom stereocenters. The number of rotatable bonds is 6. The molecule has 0 aliphatic heterocycles. The molecule has 0 aromatic heterocycles. The number of carbonyl (C=O) groups is 1. The van der Waals surface area contributed by atoms with Gasteiger partial charge in [0.25, 0.3) is 0 Å². The van der Waals surface area contributed by atoms with Crippen molar-refractivity contribution in [1.29, 1.82) is 0 Å². The Morgan fingerprint density at radius 3 is 2.48 bits per heavy atom. The number of ether oxygens (including phenoxy) is 3. The lowest BCUT2D eigenvalue weighted by Gasteiger charge is -2.12. The van der Waals surface area contributed by atoms with Crippen molar-refractivity contribution in [2.24, 2.45) is 0 Å². The van der Waals surface area contributed by atoms with Gasteiger partial charge in [0, 0.05) is 12.0 Å². The highest BCUT2D eigenvalue weighted by Gasteiger charge is 2.09. The van der Waals surface area contributed by atoms with Crippen molar-refractivity contribution >= 4 is 5.97 Å². The molecule has 0 aliphatic rings. The number of methoxy groups -OCH3 is 2. The van der Waals surface area contributed by atoms with Crippen LogP contribution >= 0.6 is 0 Å². The second-order valence-corrected chi connectivity index (χ2v) is 5.15. The van der Waals surface area contributed by atoms with E-state index >= 15 is 0 Å². The third kappa shape index (κ3) is 5.55. The quantitative estimate of drug-likeness (QED) is 0.647. The summed E-state index contributed by atoms with van der Waals surface area (Å²) in [5.41, 5.74) is 1.74. The summed E-state index contributed by atoms with van der Waals surface area (Å²) in [6.45, 7) is -0.173. The molecule has 0 bridgehead atoms. The standard InChI is InChI=1S/C20H20O5/c1-23-18-11-7-16(8-12-20(22)24-2)14-19(18)25-17-9-5-15(6-10-17)4-3-13-21/h5-7,9-11,14,21H,8,12-13H2,1-2H3. The molecular formula is C20H20O5. The number of esters is 1. The van der Waals surface area contributed by atoms with Crippen LogP contribution < -0.4 is 9.47 Å². The molecule has 0 aliphatic carbocycles. The normalized spacial score (nSPS) is 9.72. The first-order valence-electron chi connectivity index (χ1n) is 7.77. The topological polar surface area (TPSA) is 65.0 Å². The summed E-state index contributed by atoms with van der Waals surface area (Å²) in [5.74, 6) is 6.98. The van der Waals surface area contributed by atoms with Crippen LogP contribution in [0, 0.1) is 11.8 Å². The Hall–Kier alpha value is -2.97. The van der Waals surface area contributed by atoms with Gasteiger partial charge in [0.1, 0.15) is 12.4 Å². The van der Waals surface area contributed by atoms with Gasteiger partial charge >= 0.3 is 5.97 Å². The highest BCUT2D eigenvalue weighted by atomic mass is 16.5. The number of hydrogen-bond donors (Lipinski definition) is 1. The van der Waals surface area contributed by atoms with Crippen LogP contribution in [0.3, 0.4) is 0 Å². The zero-order valence-corrected chi connectivity index (χ0v) is 14.2. The van der Waals surface area contributed by atoms with Gasteiger partial charge in [0.05, 0.1) is 14.2 Å². The molecule has 0 heterocycles. The molecule has 25 heavy (non-hydrogen) atoms. The van der Waals surface area contributed by atoms with Crippen molar-refractivity contribution < 1.29 is 24.1 Å². The van der Waals surface area contributed by atoms with Crippen LogP contribution in [0.2, 0.25) is 0 Å². The summed E-state index contributed by atoms with van der Waals surface area (Å²) in [5, 5.41) is 8.71. The van der Waals surface area contributed by atoms with Gasteiger partial charge in [-0.25, -0.2) is 0 Å². The van der Waals surface area contributed by atoms with Crippen LogP contribution in [0.25, 0.3) is 0 Å². The molecule has 130 valence electrons. The van der Waals surface area contributed by atoms with E-state index in [0.29, 0.717) is 30.1 Å². The van der Waals surface area contributed by atoms with Gasteiger partial charge in [-0.3, -0.25) is 4.79 Å². The molecule has 0 amide bonds. The minimum absolute atomic E-state index is 0.173. The fraction of sp³-hybridized carbons (Fsp3) is 0.250. The zero-order chi connectivity index (χ0) is 18.1. The minimum Gasteiger partial charge on any atom is -0.493 e. The highest BCUT2D eigenvalue weighted by molar-refractivity contribution is 5.69. The lowest BCUT2D eigenvalue weighted by Crippen LogP contribution is -2.02. The molecular weight excluding hydrogens is 320 g/mol. The lowest BCUT2D eigenvalue weighted by molar-refractivity contribution is -0.140. The summed E-state index contributed by atoms with van der Waals surface area (Å²) < 4.78 is 15.9. The number of benzene rings is 2. The van der Waals surface area contributed by atoms with E-state index in [1.807, 2.05) is 30.3 Å². The summed E-state index contributed by atoms with van der Waals surface area (Å²) in [4.78, 5) is 11.3. The third-order valence-electron chi connectivity index (χ3n) is 3.47. The van der Waals surface area contributed by atoms with Crippen molar-refractivity contribution in [3.63, 3.8) is 0 Å². The number of carbonyl (C=O) groups excluding carboxylic acids is 1. The second-order valence-electron chi connectivity index (χ2n) is 5.15. The first-order chi connectivity index (χ1) is 12.2. The number of hydrogen-bond acceptors (Lipinski definition) is 5. The number of aliphatic hydroxyl groups excluding tert-OH is 1. The van der Waals surface area contributed by atoms with Gasteiger partial charge in [0.2, 0.25) is 0 Å². The van der Waals surface area contributed by atoms with Crippen LogP contribution in [0.5, 0.6) is 17.2 Å². The predicted molar refractivity (Wildman–Crippen MR) is 93.8 cm³/mol. The minimum atomic E-state index is -0.252. The largest absolute Gasteiger partial charge is 0.493 e. The Kier molecular flexibility index (Phi) is 6.87. The monoisotopic (exact) mass is 340 g/mol. The van der Waals surface area contributed by atoms with Gasteiger partial charge in [-0.2, -0.15) is 0 Å². The molecule has 0 radical (unpaired) electrons.